The van der Waals surface area contributed by atoms with E-state index in [1.807, 2.05) is 0 Å². The quantitative estimate of drug-likeness (QED) is 0.252. The first kappa shape index (κ1) is 42.7. The molecule has 0 aliphatic heterocycles. The maximum Gasteiger partial charge on any atom is 4.00 e. The van der Waals surface area contributed by atoms with Crippen LogP contribution in [0.3, 0.4) is 0 Å². The molecule has 0 aromatic carbocycles. The molecule has 0 aliphatic carbocycles. The molecule has 18 heavy (non-hydrogen) atoms. The van der Waals surface area contributed by atoms with E-state index >= 15 is 0 Å². The monoisotopic (exact) mass is 471 g/mol. The van der Waals surface area contributed by atoms with Crippen LogP contribution < -0.4 is 29.4 Å². The second-order valence-corrected chi connectivity index (χ2v) is 2.01. The van der Waals surface area contributed by atoms with Crippen molar-refractivity contribution < 1.29 is 95.5 Å². The summed E-state index contributed by atoms with van der Waals surface area (Å²) in [5.41, 5.74) is 0. The van der Waals surface area contributed by atoms with Crippen LogP contribution in [-0.4, -0.2) is 0 Å². The third-order valence-corrected chi connectivity index (χ3v) is 0. The van der Waals surface area contributed by atoms with Gasteiger partial charge in [-0.2, -0.15) is 0 Å². The van der Waals surface area contributed by atoms with Crippen molar-refractivity contribution in [3.05, 3.63) is 26.3 Å². The van der Waals surface area contributed by atoms with Crippen LogP contribution in [0, 0.1) is 13.2 Å². The van der Waals surface area contributed by atoms with Gasteiger partial charge in [0.25, 0.3) is 24.8 Å². The van der Waals surface area contributed by atoms with Gasteiger partial charge in [0.2, 0.25) is 0 Å². The SMILES string of the molecule is O=[P+]([O-])[O-].O=[P+]([O-])[O-].O=[P+]([O-])[O-].[CH-]=C.[CH-]=C.[Zr+4].[Zr+4]. The summed E-state index contributed by atoms with van der Waals surface area (Å²) in [4.78, 5) is 50.9. The summed E-state index contributed by atoms with van der Waals surface area (Å²) in [6.45, 7) is 14.0. The van der Waals surface area contributed by atoms with E-state index in [0.717, 1.165) is 0 Å². The summed E-state index contributed by atoms with van der Waals surface area (Å²) in [6, 6.07) is 0. The molecule has 0 rings (SSSR count). The molecule has 14 heteroatoms. The van der Waals surface area contributed by atoms with E-state index in [1.165, 1.54) is 0 Å². The van der Waals surface area contributed by atoms with E-state index in [9.17, 15) is 0 Å². The largest absolute Gasteiger partial charge is 4.00 e. The van der Waals surface area contributed by atoms with E-state index < -0.39 is 24.8 Å². The van der Waals surface area contributed by atoms with Crippen LogP contribution in [0.4, 0.5) is 0 Å². The molecular weight excluding hydrogens is 467 g/mol. The first-order chi connectivity index (χ1) is 7.20. The Morgan fingerprint density at radius 3 is 0.556 bits per heavy atom. The van der Waals surface area contributed by atoms with Gasteiger partial charge < -0.3 is 42.5 Å². The second kappa shape index (κ2) is 51.6. The molecule has 0 unspecified atom stereocenters. The molecule has 96 valence electrons. The van der Waals surface area contributed by atoms with E-state index in [2.05, 4.69) is 26.3 Å². The summed E-state index contributed by atoms with van der Waals surface area (Å²) in [7, 11) is -10.1. The molecule has 0 saturated carbocycles. The molecular formula is C4H6O9P3Zr2+3. The Morgan fingerprint density at radius 1 is 0.556 bits per heavy atom. The van der Waals surface area contributed by atoms with Gasteiger partial charge in [-0.15, -0.1) is 0 Å². The van der Waals surface area contributed by atoms with Crippen molar-refractivity contribution >= 4 is 24.8 Å². The Hall–Kier alpha value is 1.31. The van der Waals surface area contributed by atoms with Crippen LogP contribution in [0.15, 0.2) is 13.2 Å². The Labute approximate surface area is 145 Å². The van der Waals surface area contributed by atoms with Crippen LogP contribution in [0.1, 0.15) is 0 Å². The minimum Gasteiger partial charge on any atom is -0.598 e. The Balaban J connectivity index is -0.0000000169. The molecule has 0 aliphatic rings. The zero-order valence-corrected chi connectivity index (χ0v) is 16.2. The van der Waals surface area contributed by atoms with Crippen molar-refractivity contribution in [1.82, 2.24) is 0 Å². The fraction of sp³-hybridized carbons (Fsp3) is 0. The second-order valence-electron chi connectivity index (χ2n) is 0.671. The summed E-state index contributed by atoms with van der Waals surface area (Å²) in [5.74, 6) is 0. The van der Waals surface area contributed by atoms with Crippen molar-refractivity contribution in [2.45, 2.75) is 0 Å². The number of hydrogen-bond acceptors (Lipinski definition) is 9. The minimum absolute atomic E-state index is 0. The van der Waals surface area contributed by atoms with E-state index in [-0.39, 0.29) is 52.4 Å². The molecule has 0 amide bonds. The average Bonchev–Trinajstić information content (AvgIpc) is 2.07. The third-order valence-electron chi connectivity index (χ3n) is 0. The van der Waals surface area contributed by atoms with Crippen LogP contribution in [0.25, 0.3) is 0 Å². The van der Waals surface area contributed by atoms with Gasteiger partial charge in [0.15, 0.2) is 0 Å². The summed E-state index contributed by atoms with van der Waals surface area (Å²) in [5, 5.41) is 0. The first-order valence-electron chi connectivity index (χ1n) is 2.46. The van der Waals surface area contributed by atoms with Crippen molar-refractivity contribution in [3.63, 3.8) is 0 Å². The molecule has 0 radical (unpaired) electrons. The number of hydrogen-bond donors (Lipinski definition) is 0. The van der Waals surface area contributed by atoms with Crippen molar-refractivity contribution in [1.29, 1.82) is 0 Å². The van der Waals surface area contributed by atoms with Gasteiger partial charge in [0.1, 0.15) is 0 Å². The first-order valence-corrected chi connectivity index (χ1v) is 5.75. The molecule has 0 saturated heterocycles. The molecule has 0 atom stereocenters. The molecule has 0 spiro atoms. The normalized spacial score (nSPS) is 4.78. The van der Waals surface area contributed by atoms with Crippen LogP contribution in [0.5, 0.6) is 0 Å². The minimum atomic E-state index is -3.37. The summed E-state index contributed by atoms with van der Waals surface area (Å²) < 4.78 is 25.4. The van der Waals surface area contributed by atoms with Gasteiger partial charge in [-0.05, 0) is 0 Å². The topological polar surface area (TPSA) is 190 Å². The molecule has 0 aromatic rings. The van der Waals surface area contributed by atoms with Gasteiger partial charge in [0.05, 0.1) is 0 Å². The Bertz CT molecular complexity index is 150. The van der Waals surface area contributed by atoms with Crippen LogP contribution >= 0.6 is 24.8 Å². The smallest absolute Gasteiger partial charge is 0.598 e. The third kappa shape index (κ3) is 2700. The molecule has 0 aromatic heterocycles. The van der Waals surface area contributed by atoms with Gasteiger partial charge in [-0.25, -0.2) is 0 Å². The van der Waals surface area contributed by atoms with Gasteiger partial charge >= 0.3 is 52.4 Å². The molecule has 0 heterocycles. The number of rotatable bonds is 0. The summed E-state index contributed by atoms with van der Waals surface area (Å²) >= 11 is 0. The van der Waals surface area contributed by atoms with Gasteiger partial charge in [-0.3, -0.25) is 13.2 Å². The van der Waals surface area contributed by atoms with Gasteiger partial charge in [-0.1, -0.05) is 13.7 Å². The van der Waals surface area contributed by atoms with E-state index in [1.54, 1.807) is 0 Å². The zero-order chi connectivity index (χ0) is 14.7. The molecule has 0 fully saturated rings. The van der Waals surface area contributed by atoms with Crippen LogP contribution in [-0.2, 0) is 66.1 Å². The fourth-order valence-electron chi connectivity index (χ4n) is 0. The maximum absolute atomic E-state index is 8.48. The predicted molar refractivity (Wildman–Crippen MR) is 42.7 cm³/mol. The summed E-state index contributed by atoms with van der Waals surface area (Å²) in [6.07, 6.45) is 0. The van der Waals surface area contributed by atoms with Crippen molar-refractivity contribution in [3.8, 4) is 0 Å². The molecule has 0 bridgehead atoms. The van der Waals surface area contributed by atoms with Crippen LogP contribution in [0.2, 0.25) is 0 Å². The zero-order valence-electron chi connectivity index (χ0n) is 8.58. The van der Waals surface area contributed by atoms with Gasteiger partial charge in [0, 0.05) is 0 Å². The standard InChI is InChI=1S/2C2H3.3HO3P.2Zr/c2*1-2;3*1-4(2)3;;/h2*1H,2H2;3*(H,1,2,3);;/q2*-1;;;;2*+4/p-3. The average molecular weight is 473 g/mol. The van der Waals surface area contributed by atoms with E-state index in [0.29, 0.717) is 0 Å². The fourth-order valence-corrected chi connectivity index (χ4v) is 0. The Morgan fingerprint density at radius 2 is 0.556 bits per heavy atom. The van der Waals surface area contributed by atoms with Crippen molar-refractivity contribution in [2.24, 2.45) is 0 Å². The Kier molecular flexibility index (Phi) is 123. The molecule has 0 N–H and O–H groups in total. The maximum atomic E-state index is 8.48. The van der Waals surface area contributed by atoms with E-state index in [4.69, 9.17) is 43.1 Å². The molecule has 9 nitrogen and oxygen atoms in total. The van der Waals surface area contributed by atoms with Crippen molar-refractivity contribution in [2.75, 3.05) is 0 Å². The predicted octanol–water partition coefficient (Wildman–Crippen LogP) is -3.70.